The van der Waals surface area contributed by atoms with Gasteiger partial charge in [0.15, 0.2) is 0 Å². The fraction of sp³-hybridized carbons (Fsp3) is 0.538. The first kappa shape index (κ1) is 11.4. The van der Waals surface area contributed by atoms with Crippen molar-refractivity contribution in [3.8, 4) is 5.75 Å². The minimum Gasteiger partial charge on any atom is -0.487 e. The van der Waals surface area contributed by atoms with Gasteiger partial charge in [-0.1, -0.05) is 18.2 Å². The topological polar surface area (TPSA) is 38.5 Å². The summed E-state index contributed by atoms with van der Waals surface area (Å²) in [7, 11) is 2.11. The number of likely N-dealkylation sites (N-methyl/N-ethyl adjacent to an activating group) is 1. The Balaban J connectivity index is 1.96. The highest BCUT2D eigenvalue weighted by Crippen LogP contribution is 2.22. The van der Waals surface area contributed by atoms with Gasteiger partial charge in [-0.15, -0.1) is 0 Å². The van der Waals surface area contributed by atoms with Crippen LogP contribution in [0, 0.1) is 0 Å². The van der Waals surface area contributed by atoms with Crippen molar-refractivity contribution in [1.29, 1.82) is 0 Å². The van der Waals surface area contributed by atoms with Gasteiger partial charge in [-0.05, 0) is 38.1 Å². The minimum atomic E-state index is 0.365. The maximum Gasteiger partial charge on any atom is 0.124 e. The lowest BCUT2D eigenvalue weighted by Gasteiger charge is -2.36. The molecule has 16 heavy (non-hydrogen) atoms. The fourth-order valence-electron chi connectivity index (χ4n) is 2.01. The number of para-hydroxylation sites is 1. The lowest BCUT2D eigenvalue weighted by atomic mass is 10.1. The molecule has 0 bridgehead atoms. The molecule has 2 N–H and O–H groups in total. The number of aryl methyl sites for hydroxylation is 1. The van der Waals surface area contributed by atoms with Crippen molar-refractivity contribution in [2.24, 2.45) is 5.73 Å². The van der Waals surface area contributed by atoms with Crippen molar-refractivity contribution in [2.45, 2.75) is 18.9 Å². The molecule has 1 aliphatic heterocycles. The summed E-state index contributed by atoms with van der Waals surface area (Å²) >= 11 is 0. The van der Waals surface area contributed by atoms with Crippen molar-refractivity contribution in [3.63, 3.8) is 0 Å². The van der Waals surface area contributed by atoms with Gasteiger partial charge in [0.05, 0.1) is 0 Å². The molecular formula is C13H20N2O. The van der Waals surface area contributed by atoms with Crippen LogP contribution in [-0.4, -0.2) is 37.7 Å². The summed E-state index contributed by atoms with van der Waals surface area (Å²) in [5, 5.41) is 0. The van der Waals surface area contributed by atoms with E-state index in [1.165, 1.54) is 5.56 Å². The van der Waals surface area contributed by atoms with Gasteiger partial charge in [0.25, 0.3) is 0 Å². The number of ether oxygens (including phenoxy) is 1. The van der Waals surface area contributed by atoms with Crippen LogP contribution in [0.4, 0.5) is 0 Å². The Labute approximate surface area is 97.2 Å². The van der Waals surface area contributed by atoms with E-state index < -0.39 is 0 Å². The lowest BCUT2D eigenvalue weighted by molar-refractivity contribution is 0.0381. The first-order valence-electron chi connectivity index (χ1n) is 5.93. The summed E-state index contributed by atoms with van der Waals surface area (Å²) in [4.78, 5) is 2.26. The monoisotopic (exact) mass is 220 g/mol. The van der Waals surface area contributed by atoms with Gasteiger partial charge in [-0.2, -0.15) is 0 Å². The summed E-state index contributed by atoms with van der Waals surface area (Å²) in [5.74, 6) is 1.04. The predicted molar refractivity (Wildman–Crippen MR) is 65.7 cm³/mol. The molecule has 1 saturated heterocycles. The van der Waals surface area contributed by atoms with Gasteiger partial charge >= 0.3 is 0 Å². The molecule has 1 aromatic carbocycles. The first-order chi connectivity index (χ1) is 7.79. The number of rotatable bonds is 5. The molecule has 0 spiro atoms. The molecule has 88 valence electrons. The highest BCUT2D eigenvalue weighted by Gasteiger charge is 2.25. The van der Waals surface area contributed by atoms with E-state index in [0.29, 0.717) is 6.10 Å². The van der Waals surface area contributed by atoms with Gasteiger partial charge in [-0.3, -0.25) is 4.90 Å². The second-order valence-electron chi connectivity index (χ2n) is 4.46. The molecule has 2 rings (SSSR count). The Hall–Kier alpha value is -1.06. The summed E-state index contributed by atoms with van der Waals surface area (Å²) < 4.78 is 5.97. The molecule has 3 heteroatoms. The van der Waals surface area contributed by atoms with E-state index in [1.807, 2.05) is 6.07 Å². The van der Waals surface area contributed by atoms with Crippen LogP contribution in [0.5, 0.6) is 5.75 Å². The molecule has 1 aromatic rings. The maximum atomic E-state index is 5.97. The quantitative estimate of drug-likeness (QED) is 0.812. The zero-order chi connectivity index (χ0) is 11.4. The number of hydrogen-bond acceptors (Lipinski definition) is 3. The largest absolute Gasteiger partial charge is 0.487 e. The first-order valence-corrected chi connectivity index (χ1v) is 5.93. The third-order valence-electron chi connectivity index (χ3n) is 2.95. The Bertz CT molecular complexity index is 334. The standard InChI is InChI=1S/C13H20N2O/c1-15-9-12(10-15)16-13-7-3-2-5-11(13)6-4-8-14/h2-3,5,7,12H,4,6,8-10,14H2,1H3. The van der Waals surface area contributed by atoms with Crippen LogP contribution in [0.3, 0.4) is 0 Å². The van der Waals surface area contributed by atoms with E-state index in [-0.39, 0.29) is 0 Å². The number of benzene rings is 1. The minimum absolute atomic E-state index is 0.365. The average Bonchev–Trinajstić information content (AvgIpc) is 2.26. The Morgan fingerprint density at radius 1 is 1.38 bits per heavy atom. The molecule has 1 aliphatic rings. The second-order valence-corrected chi connectivity index (χ2v) is 4.46. The third-order valence-corrected chi connectivity index (χ3v) is 2.95. The van der Waals surface area contributed by atoms with Crippen LogP contribution in [0.1, 0.15) is 12.0 Å². The number of hydrogen-bond donors (Lipinski definition) is 1. The SMILES string of the molecule is CN1CC(Oc2ccccc2CCCN)C1. The Kier molecular flexibility index (Phi) is 3.80. The number of nitrogens with two attached hydrogens (primary N) is 1. The van der Waals surface area contributed by atoms with Gasteiger partial charge in [0.2, 0.25) is 0 Å². The van der Waals surface area contributed by atoms with Crippen molar-refractivity contribution < 1.29 is 4.74 Å². The summed E-state index contributed by atoms with van der Waals surface area (Å²) in [6.45, 7) is 2.80. The second kappa shape index (κ2) is 5.32. The molecule has 1 fully saturated rings. The van der Waals surface area contributed by atoms with Crippen molar-refractivity contribution >= 4 is 0 Å². The van der Waals surface area contributed by atoms with Crippen molar-refractivity contribution in [1.82, 2.24) is 4.90 Å². The number of nitrogens with zero attached hydrogens (tertiary/aromatic N) is 1. The summed E-state index contributed by atoms with van der Waals surface area (Å²) in [5.41, 5.74) is 6.82. The van der Waals surface area contributed by atoms with Gasteiger partial charge in [0, 0.05) is 13.1 Å². The van der Waals surface area contributed by atoms with Crippen molar-refractivity contribution in [3.05, 3.63) is 29.8 Å². The smallest absolute Gasteiger partial charge is 0.124 e. The van der Waals surface area contributed by atoms with Crippen molar-refractivity contribution in [2.75, 3.05) is 26.7 Å². The molecule has 0 amide bonds. The van der Waals surface area contributed by atoms with E-state index in [1.54, 1.807) is 0 Å². The van der Waals surface area contributed by atoms with Crippen LogP contribution in [0.25, 0.3) is 0 Å². The van der Waals surface area contributed by atoms with E-state index in [9.17, 15) is 0 Å². The van der Waals surface area contributed by atoms with Gasteiger partial charge < -0.3 is 10.5 Å². The van der Waals surface area contributed by atoms with Gasteiger partial charge in [-0.25, -0.2) is 0 Å². The predicted octanol–water partition coefficient (Wildman–Crippen LogP) is 1.27. The summed E-state index contributed by atoms with van der Waals surface area (Å²) in [6.07, 6.45) is 2.39. The fourth-order valence-corrected chi connectivity index (χ4v) is 2.01. The molecule has 0 atom stereocenters. The van der Waals surface area contributed by atoms with E-state index in [4.69, 9.17) is 10.5 Å². The molecule has 0 unspecified atom stereocenters. The molecular weight excluding hydrogens is 200 g/mol. The third kappa shape index (κ3) is 2.74. The molecule has 3 nitrogen and oxygen atoms in total. The van der Waals surface area contributed by atoms with E-state index >= 15 is 0 Å². The van der Waals surface area contributed by atoms with E-state index in [0.717, 1.165) is 38.2 Å². The van der Waals surface area contributed by atoms with Crippen LogP contribution >= 0.6 is 0 Å². The summed E-state index contributed by atoms with van der Waals surface area (Å²) in [6, 6.07) is 8.28. The van der Waals surface area contributed by atoms with Crippen LogP contribution in [-0.2, 0) is 6.42 Å². The Morgan fingerprint density at radius 3 is 2.81 bits per heavy atom. The van der Waals surface area contributed by atoms with Crippen LogP contribution < -0.4 is 10.5 Å². The van der Waals surface area contributed by atoms with Crippen LogP contribution in [0.2, 0.25) is 0 Å². The highest BCUT2D eigenvalue weighted by atomic mass is 16.5. The zero-order valence-electron chi connectivity index (χ0n) is 9.86. The van der Waals surface area contributed by atoms with E-state index in [2.05, 4.69) is 30.1 Å². The molecule has 0 aliphatic carbocycles. The normalized spacial score (nSPS) is 17.1. The Morgan fingerprint density at radius 2 is 2.12 bits per heavy atom. The molecule has 0 saturated carbocycles. The number of likely N-dealkylation sites (tertiary alicyclic amines) is 1. The van der Waals surface area contributed by atoms with Crippen LogP contribution in [0.15, 0.2) is 24.3 Å². The average molecular weight is 220 g/mol. The lowest BCUT2D eigenvalue weighted by Crippen LogP contribution is -2.51. The molecule has 1 heterocycles. The van der Waals surface area contributed by atoms with Gasteiger partial charge in [0.1, 0.15) is 11.9 Å². The highest BCUT2D eigenvalue weighted by molar-refractivity contribution is 5.33. The maximum absolute atomic E-state index is 5.97. The molecule has 0 radical (unpaired) electrons. The zero-order valence-corrected chi connectivity index (χ0v) is 9.86. The molecule has 0 aromatic heterocycles.